The third-order valence-corrected chi connectivity index (χ3v) is 23.1. The molecule has 513 valence electrons. The maximum absolute atomic E-state index is 12.9. The quantitative estimate of drug-likeness (QED) is 0.0950. The molecular weight excluding hydrogens is 1540 g/mol. The molecule has 13 rings (SSSR count). The second-order valence-electron chi connectivity index (χ2n) is 24.9. The molecule has 7 atom stereocenters. The summed E-state index contributed by atoms with van der Waals surface area (Å²) in [6, 6.07) is 50.6. The van der Waals surface area contributed by atoms with Gasteiger partial charge in [-0.05, 0) is 245 Å². The zero-order chi connectivity index (χ0) is 66.7. The van der Waals surface area contributed by atoms with Gasteiger partial charge >= 0.3 is 0 Å². The van der Waals surface area contributed by atoms with E-state index >= 15 is 0 Å². The van der Waals surface area contributed by atoms with Gasteiger partial charge in [-0.3, -0.25) is 9.97 Å². The van der Waals surface area contributed by atoms with Crippen LogP contribution in [0, 0.1) is 29.1 Å². The van der Waals surface area contributed by atoms with E-state index < -0.39 is 20.0 Å². The summed E-state index contributed by atoms with van der Waals surface area (Å²) in [5.41, 5.74) is 13.1. The first kappa shape index (κ1) is 80.8. The number of nitrogens with two attached hydrogens (primary N) is 1. The number of nitrogens with zero attached hydrogens (tertiary/aromatic N) is 6. The molecule has 8 aromatic rings. The summed E-state index contributed by atoms with van der Waals surface area (Å²) >= 11 is 56.2. The van der Waals surface area contributed by atoms with Crippen molar-refractivity contribution in [2.75, 3.05) is 34.3 Å². The average molecular weight is 1620 g/mol. The first-order valence-electron chi connectivity index (χ1n) is 31.1. The second-order valence-corrected chi connectivity index (χ2v) is 32.5. The summed E-state index contributed by atoms with van der Waals surface area (Å²) in [6.45, 7) is 2.72. The van der Waals surface area contributed by atoms with Crippen LogP contribution in [0.1, 0.15) is 133 Å². The topological polar surface area (TPSA) is 149 Å². The molecule has 0 amide bonds. The van der Waals surface area contributed by atoms with Crippen molar-refractivity contribution >= 4 is 152 Å². The molecule has 2 saturated carbocycles. The Morgan fingerprint density at radius 1 is 0.515 bits per heavy atom. The number of hydrogen-bond acceptors (Lipinski definition) is 10. The van der Waals surface area contributed by atoms with Crippen LogP contribution in [0.2, 0.25) is 45.2 Å². The number of piperidine rings is 3. The van der Waals surface area contributed by atoms with Crippen molar-refractivity contribution in [2.45, 2.75) is 137 Å². The van der Waals surface area contributed by atoms with E-state index in [-0.39, 0.29) is 81.7 Å². The minimum absolute atomic E-state index is 0. The maximum Gasteiger partial charge on any atom is 0.262 e. The van der Waals surface area contributed by atoms with Gasteiger partial charge in [-0.1, -0.05) is 137 Å². The zero-order valence-corrected chi connectivity index (χ0v) is 63.7. The van der Waals surface area contributed by atoms with Crippen LogP contribution >= 0.6 is 115 Å². The molecule has 11 nitrogen and oxygen atoms in total. The molecule has 24 heteroatoms. The number of nitrogens with one attached hydrogen (secondary N) is 1. The molecule has 97 heavy (non-hydrogen) atoms. The molecule has 1 radical (unpaired) electrons. The molecule has 6 aromatic carbocycles. The molecule has 2 aromatic heterocycles. The van der Waals surface area contributed by atoms with Gasteiger partial charge in [0.05, 0.1) is 29.1 Å². The van der Waals surface area contributed by atoms with Crippen LogP contribution < -0.4 is 25.2 Å². The Labute approximate surface area is 650 Å². The normalized spacial score (nSPS) is 20.7. The minimum Gasteiger partial charge on any atom is -0.364 e. The van der Waals surface area contributed by atoms with E-state index in [1.807, 2.05) is 103 Å². The molecule has 0 spiro atoms. The summed E-state index contributed by atoms with van der Waals surface area (Å²) in [4.78, 5) is 15.7. The summed E-state index contributed by atoms with van der Waals surface area (Å²) in [7, 11) is 0.143. The van der Waals surface area contributed by atoms with Crippen LogP contribution in [0.4, 0.5) is 17.1 Å². The van der Waals surface area contributed by atoms with Crippen LogP contribution in [-0.4, -0.2) is 53.3 Å². The molecule has 3 N–H and O–H groups in total. The van der Waals surface area contributed by atoms with Crippen molar-refractivity contribution in [3.8, 4) is 6.07 Å². The van der Waals surface area contributed by atoms with E-state index in [4.69, 9.17) is 126 Å². The van der Waals surface area contributed by atoms with Crippen molar-refractivity contribution in [3.05, 3.63) is 238 Å². The van der Waals surface area contributed by atoms with Crippen molar-refractivity contribution in [1.29, 1.82) is 5.26 Å². The van der Waals surface area contributed by atoms with Gasteiger partial charge in [0, 0.05) is 168 Å². The molecule has 1 unspecified atom stereocenters. The number of nitriles is 1. The van der Waals surface area contributed by atoms with Crippen LogP contribution in [0.15, 0.2) is 186 Å². The minimum atomic E-state index is -3.59. The van der Waals surface area contributed by atoms with E-state index in [0.717, 1.165) is 138 Å². The number of pyridine rings is 2. The molecule has 2 aliphatic carbocycles. The molecule has 5 fully saturated rings. The smallest absolute Gasteiger partial charge is 0.262 e. The molecular formula is C73H78Cl10N8O3S2Y. The van der Waals surface area contributed by atoms with Gasteiger partial charge in [0.2, 0.25) is 0 Å². The third-order valence-electron chi connectivity index (χ3n) is 18.1. The Kier molecular flexibility index (Phi) is 30.9. The predicted molar refractivity (Wildman–Crippen MR) is 404 cm³/mol. The monoisotopic (exact) mass is 1620 g/mol. The second kappa shape index (κ2) is 37.1. The van der Waals surface area contributed by atoms with Crippen LogP contribution in [0.5, 0.6) is 0 Å². The first-order valence-corrected chi connectivity index (χ1v) is 37.9. The van der Waals surface area contributed by atoms with E-state index in [1.165, 1.54) is 36.6 Å². The Morgan fingerprint density at radius 2 is 0.887 bits per heavy atom. The molecule has 5 heterocycles. The number of anilines is 3. The molecule has 3 aliphatic heterocycles. The summed E-state index contributed by atoms with van der Waals surface area (Å²) in [5, 5.41) is 15.3. The summed E-state index contributed by atoms with van der Waals surface area (Å²) in [5.74, 6) is 1.45. The van der Waals surface area contributed by atoms with E-state index in [9.17, 15) is 12.6 Å². The Bertz CT molecular complexity index is 4030. The Balaban J connectivity index is 0.000000191. The molecule has 5 aliphatic rings. The molecule has 3 saturated heterocycles. The largest absolute Gasteiger partial charge is 0.364 e. The number of rotatable bonds is 15. The Hall–Kier alpha value is -3.47. The van der Waals surface area contributed by atoms with Gasteiger partial charge in [0.1, 0.15) is 15.9 Å². The van der Waals surface area contributed by atoms with Crippen molar-refractivity contribution < 1.29 is 45.3 Å². The number of aromatic nitrogens is 2. The van der Waals surface area contributed by atoms with Gasteiger partial charge < -0.3 is 20.4 Å². The van der Waals surface area contributed by atoms with Gasteiger partial charge in [0.15, 0.2) is 0 Å². The summed E-state index contributed by atoms with van der Waals surface area (Å²) < 4.78 is 37.4. The fraction of sp³-hybridized carbons (Fsp3) is 0.356. The first-order chi connectivity index (χ1) is 45.0. The van der Waals surface area contributed by atoms with Crippen LogP contribution in [-0.2, 0) is 52.7 Å². The van der Waals surface area contributed by atoms with Gasteiger partial charge in [-0.15, -0.1) is 0 Å². The van der Waals surface area contributed by atoms with Crippen LogP contribution in [0.25, 0.3) is 0 Å². The fourth-order valence-corrected chi connectivity index (χ4v) is 16.8. The number of halogens is 10. The number of benzene rings is 6. The maximum atomic E-state index is 12.9. The summed E-state index contributed by atoms with van der Waals surface area (Å²) in [6.07, 6.45) is 19.4. The SMILES string of the molecule is C.C.N#CC[C@@H]1CC[C@@H](c2ccc(Cl)cc2Cl)N(c2ccc(Cl)cc2)C1.NC1(C[C@@H]2CC[C@@H](c3ccc(Cl)cc3Cl)N(c3ccc(Cl)cc3)C2)CC1.O=S(=O)(Cl)c1cccnc1.O=S(NC1(C[C@@H]2CC[C@@H](c3ccc(Cl)cc3Cl)N(c3ccc(Cl)cc3)C2)CC1)c1cccnc1.[Y]. The van der Waals surface area contributed by atoms with E-state index in [0.29, 0.717) is 54.3 Å². The van der Waals surface area contributed by atoms with E-state index in [1.54, 1.807) is 18.5 Å². The van der Waals surface area contributed by atoms with Gasteiger partial charge in [-0.25, -0.2) is 17.3 Å². The Morgan fingerprint density at radius 3 is 1.22 bits per heavy atom. The molecule has 0 bridgehead atoms. The van der Waals surface area contributed by atoms with Gasteiger partial charge in [0.25, 0.3) is 9.05 Å². The van der Waals surface area contributed by atoms with Crippen molar-refractivity contribution in [2.24, 2.45) is 23.5 Å². The predicted octanol–water partition coefficient (Wildman–Crippen LogP) is 22.5. The van der Waals surface area contributed by atoms with Gasteiger partial charge in [-0.2, -0.15) is 5.26 Å². The van der Waals surface area contributed by atoms with Crippen molar-refractivity contribution in [1.82, 2.24) is 14.7 Å². The van der Waals surface area contributed by atoms with E-state index in [2.05, 4.69) is 65.8 Å². The standard InChI is InChI=1S/C26H26Cl3N3OS.C21H23Cl3N2.C19H17Cl3N2.C5H4ClNO2S.2CH4.Y/c27-19-4-7-21(8-5-19)32-17-18(3-10-25(32)23-9-6-20(28)14-24(23)29)15-26(11-12-26)31-34(33)22-2-1-13-30-16-22;22-15-2-5-17(6-3-15)26-13-14(12-21(25)9-10-21)1-8-20(26)18-7-4-16(23)11-19(18)24;20-14-2-5-16(6-3-14)24-12-13(9-10-23)1-8-19(24)17-7-4-15(21)11-18(17)22;6-10(8,9)5-2-1-3-7-4-5;;;/h1-2,4-9,13-14,16,18,25,31H,3,10-12,15,17H2;2-7,11,14,20H,1,8-10,12-13,25H2;2-7,11,13,19H,1,8-9,12H2;1-4H;2*1H4;/t18-,25-,34?;14-,20-;13-,19-;;;;/m000..../s1. The third kappa shape index (κ3) is 22.8. The number of hydrogen-bond donors (Lipinski definition) is 2. The average Bonchev–Trinajstić information content (AvgIpc) is 1.77. The van der Waals surface area contributed by atoms with Crippen LogP contribution in [0.3, 0.4) is 0 Å². The van der Waals surface area contributed by atoms with Crippen molar-refractivity contribution in [3.63, 3.8) is 0 Å². The zero-order valence-electron chi connectivity index (χ0n) is 51.7. The fourth-order valence-electron chi connectivity index (χ4n) is 13.0.